The van der Waals surface area contributed by atoms with E-state index in [0.29, 0.717) is 6.42 Å². The molecule has 0 rings (SSSR count). The maximum Gasteiger partial charge on any atom is 0.298 e. The Morgan fingerprint density at radius 3 is 2.36 bits per heavy atom. The first kappa shape index (κ1) is 13.2. The van der Waals surface area contributed by atoms with Gasteiger partial charge in [0.2, 0.25) is 8.32 Å². The van der Waals surface area contributed by atoms with Crippen LogP contribution >= 0.6 is 0 Å². The van der Waals surface area contributed by atoms with Crippen LogP contribution in [0.4, 0.5) is 0 Å². The van der Waals surface area contributed by atoms with Crippen LogP contribution in [-0.2, 0) is 9.22 Å². The molecular formula is C10H19NO2Si. The standard InChI is InChI=1S/C10H19NO2Si/c1-6-8(9(11)7-2)10(12)13-14(3,4)5/h2,8-9H,6,11H2,1,3-5H3/t8?,9-/m1/s1. The van der Waals surface area contributed by atoms with Gasteiger partial charge in [-0.25, -0.2) is 0 Å². The highest BCUT2D eigenvalue weighted by atomic mass is 28.4. The normalized spacial score (nSPS) is 15.4. The van der Waals surface area contributed by atoms with Gasteiger partial charge in [-0.1, -0.05) is 12.8 Å². The number of nitrogens with two attached hydrogens (primary N) is 1. The fourth-order valence-corrected chi connectivity index (χ4v) is 1.82. The predicted molar refractivity (Wildman–Crippen MR) is 60.0 cm³/mol. The summed E-state index contributed by atoms with van der Waals surface area (Å²) in [5.74, 6) is 1.75. The van der Waals surface area contributed by atoms with Crippen molar-refractivity contribution in [1.82, 2.24) is 0 Å². The van der Waals surface area contributed by atoms with E-state index >= 15 is 0 Å². The van der Waals surface area contributed by atoms with E-state index in [1.807, 2.05) is 26.6 Å². The van der Waals surface area contributed by atoms with Crippen molar-refractivity contribution < 1.29 is 9.22 Å². The Bertz CT molecular complexity index is 239. The van der Waals surface area contributed by atoms with Gasteiger partial charge >= 0.3 is 0 Å². The first-order chi connectivity index (χ1) is 6.31. The third kappa shape index (κ3) is 4.45. The second kappa shape index (κ2) is 5.18. The fraction of sp³-hybridized carbons (Fsp3) is 0.700. The molecule has 1 unspecified atom stereocenters. The van der Waals surface area contributed by atoms with Crippen molar-refractivity contribution in [2.45, 2.75) is 39.0 Å². The maximum absolute atomic E-state index is 11.6. The molecule has 80 valence electrons. The second-order valence-electron chi connectivity index (χ2n) is 4.24. The van der Waals surface area contributed by atoms with E-state index in [9.17, 15) is 4.79 Å². The Morgan fingerprint density at radius 1 is 1.57 bits per heavy atom. The van der Waals surface area contributed by atoms with Gasteiger partial charge in [-0.15, -0.1) is 6.42 Å². The van der Waals surface area contributed by atoms with Crippen molar-refractivity contribution >= 4 is 14.3 Å². The van der Waals surface area contributed by atoms with Crippen LogP contribution in [0.25, 0.3) is 0 Å². The van der Waals surface area contributed by atoms with Crippen LogP contribution in [0.5, 0.6) is 0 Å². The Kier molecular flexibility index (Phi) is 4.88. The van der Waals surface area contributed by atoms with Crippen LogP contribution in [0.15, 0.2) is 0 Å². The molecule has 4 heteroatoms. The van der Waals surface area contributed by atoms with Crippen molar-refractivity contribution in [2.75, 3.05) is 0 Å². The number of rotatable bonds is 4. The Labute approximate surface area is 87.1 Å². The number of carbonyl (C=O) groups excluding carboxylic acids is 1. The minimum absolute atomic E-state index is 0.253. The fourth-order valence-electron chi connectivity index (χ4n) is 1.06. The van der Waals surface area contributed by atoms with Gasteiger partial charge < -0.3 is 10.2 Å². The molecule has 0 saturated heterocycles. The van der Waals surface area contributed by atoms with Crippen molar-refractivity contribution in [3.05, 3.63) is 0 Å². The summed E-state index contributed by atoms with van der Waals surface area (Å²) >= 11 is 0. The van der Waals surface area contributed by atoms with Gasteiger partial charge in [0.1, 0.15) is 0 Å². The Balaban J connectivity index is 4.42. The molecule has 0 spiro atoms. The largest absolute Gasteiger partial charge is 0.520 e. The van der Waals surface area contributed by atoms with E-state index in [-0.39, 0.29) is 11.9 Å². The van der Waals surface area contributed by atoms with Crippen LogP contribution in [0.1, 0.15) is 13.3 Å². The molecule has 0 heterocycles. The van der Waals surface area contributed by atoms with Crippen molar-refractivity contribution in [1.29, 1.82) is 0 Å². The van der Waals surface area contributed by atoms with Crippen molar-refractivity contribution in [2.24, 2.45) is 11.7 Å². The first-order valence-corrected chi connectivity index (χ1v) is 8.17. The van der Waals surface area contributed by atoms with Gasteiger partial charge in [-0.3, -0.25) is 4.79 Å². The predicted octanol–water partition coefficient (Wildman–Crippen LogP) is 1.35. The summed E-state index contributed by atoms with van der Waals surface area (Å²) < 4.78 is 5.34. The van der Waals surface area contributed by atoms with Crippen LogP contribution < -0.4 is 5.73 Å². The van der Waals surface area contributed by atoms with Gasteiger partial charge in [0.05, 0.1) is 12.0 Å². The molecule has 0 aliphatic rings. The number of hydrogen-bond donors (Lipinski definition) is 1. The van der Waals surface area contributed by atoms with Gasteiger partial charge in [0.25, 0.3) is 5.97 Å². The molecule has 0 bridgehead atoms. The summed E-state index contributed by atoms with van der Waals surface area (Å²) in [7, 11) is -1.83. The SMILES string of the molecule is C#C[C@@H](N)C(CC)C(=O)O[Si](C)(C)C. The molecule has 0 aliphatic heterocycles. The molecular weight excluding hydrogens is 194 g/mol. The molecule has 0 aromatic rings. The van der Waals surface area contributed by atoms with Crippen molar-refractivity contribution in [3.8, 4) is 12.3 Å². The lowest BCUT2D eigenvalue weighted by molar-refractivity contribution is -0.140. The molecule has 0 aromatic heterocycles. The minimum Gasteiger partial charge on any atom is -0.520 e. The average molecular weight is 213 g/mol. The quantitative estimate of drug-likeness (QED) is 0.566. The van der Waals surface area contributed by atoms with E-state index < -0.39 is 14.4 Å². The van der Waals surface area contributed by atoms with Crippen LogP contribution in [0.2, 0.25) is 19.6 Å². The monoisotopic (exact) mass is 213 g/mol. The molecule has 0 aromatic carbocycles. The zero-order valence-electron chi connectivity index (χ0n) is 9.33. The number of hydrogen-bond acceptors (Lipinski definition) is 3. The molecule has 14 heavy (non-hydrogen) atoms. The highest BCUT2D eigenvalue weighted by Crippen LogP contribution is 2.13. The topological polar surface area (TPSA) is 52.3 Å². The van der Waals surface area contributed by atoms with E-state index in [4.69, 9.17) is 16.6 Å². The Morgan fingerprint density at radius 2 is 2.07 bits per heavy atom. The molecule has 0 aliphatic carbocycles. The van der Waals surface area contributed by atoms with Gasteiger partial charge in [0.15, 0.2) is 0 Å². The summed E-state index contributed by atoms with van der Waals surface area (Å²) in [6.45, 7) is 7.75. The van der Waals surface area contributed by atoms with E-state index in [1.165, 1.54) is 0 Å². The molecule has 0 saturated carbocycles. The number of terminal acetylenes is 1. The first-order valence-electron chi connectivity index (χ1n) is 4.76. The van der Waals surface area contributed by atoms with E-state index in [0.717, 1.165) is 0 Å². The van der Waals surface area contributed by atoms with Crippen molar-refractivity contribution in [3.63, 3.8) is 0 Å². The van der Waals surface area contributed by atoms with Crippen LogP contribution in [0, 0.1) is 18.3 Å². The highest BCUT2D eigenvalue weighted by Gasteiger charge is 2.28. The van der Waals surface area contributed by atoms with Crippen LogP contribution in [-0.4, -0.2) is 20.3 Å². The van der Waals surface area contributed by atoms with Gasteiger partial charge in [0, 0.05) is 0 Å². The summed E-state index contributed by atoms with van der Waals surface area (Å²) in [6, 6.07) is -0.538. The van der Waals surface area contributed by atoms with Crippen LogP contribution in [0.3, 0.4) is 0 Å². The third-order valence-corrected chi connectivity index (χ3v) is 2.59. The zero-order chi connectivity index (χ0) is 11.4. The lowest BCUT2D eigenvalue weighted by Crippen LogP contribution is -2.40. The minimum atomic E-state index is -1.83. The summed E-state index contributed by atoms with van der Waals surface area (Å²) in [5.41, 5.74) is 5.63. The second-order valence-corrected chi connectivity index (χ2v) is 8.67. The molecule has 3 nitrogen and oxygen atoms in total. The molecule has 0 radical (unpaired) electrons. The molecule has 2 atom stereocenters. The van der Waals surface area contributed by atoms with E-state index in [2.05, 4.69) is 5.92 Å². The maximum atomic E-state index is 11.6. The van der Waals surface area contributed by atoms with Gasteiger partial charge in [-0.05, 0) is 26.1 Å². The Hall–Kier alpha value is -0.793. The lowest BCUT2D eigenvalue weighted by Gasteiger charge is -2.23. The average Bonchev–Trinajstić information content (AvgIpc) is 2.01. The summed E-state index contributed by atoms with van der Waals surface area (Å²) in [4.78, 5) is 11.6. The van der Waals surface area contributed by atoms with Gasteiger partial charge in [-0.2, -0.15) is 0 Å². The zero-order valence-corrected chi connectivity index (χ0v) is 10.3. The molecule has 2 N–H and O–H groups in total. The lowest BCUT2D eigenvalue weighted by atomic mass is 9.99. The third-order valence-electron chi connectivity index (χ3n) is 1.78. The highest BCUT2D eigenvalue weighted by molar-refractivity contribution is 6.71. The summed E-state index contributed by atoms with van der Waals surface area (Å²) in [5, 5.41) is 0. The van der Waals surface area contributed by atoms with E-state index in [1.54, 1.807) is 0 Å². The smallest absolute Gasteiger partial charge is 0.298 e. The summed E-state index contributed by atoms with van der Waals surface area (Å²) in [6.07, 6.45) is 5.80. The molecule has 0 fully saturated rings. The molecule has 0 amide bonds. The number of carbonyl (C=O) groups is 1.